The van der Waals surface area contributed by atoms with Gasteiger partial charge in [0.05, 0.1) is 22.4 Å². The molecule has 7 heteroatoms. The van der Waals surface area contributed by atoms with Crippen LogP contribution in [0.5, 0.6) is 0 Å². The van der Waals surface area contributed by atoms with Crippen LogP contribution in [-0.4, -0.2) is 52.5 Å². The molecular formula is C24H16N2NaO3S. The smallest absolute Gasteiger partial charge is 0.282 e. The Morgan fingerprint density at radius 3 is 1.68 bits per heavy atom. The van der Waals surface area contributed by atoms with Crippen LogP contribution in [0.15, 0.2) is 95.9 Å². The van der Waals surface area contributed by atoms with E-state index in [4.69, 9.17) is 9.97 Å². The van der Waals surface area contributed by atoms with Crippen LogP contribution < -0.4 is 0 Å². The van der Waals surface area contributed by atoms with E-state index < -0.39 is 10.1 Å². The van der Waals surface area contributed by atoms with Gasteiger partial charge in [-0.2, -0.15) is 8.42 Å². The average molecular weight is 435 g/mol. The summed E-state index contributed by atoms with van der Waals surface area (Å²) in [6, 6.07) is 27.8. The molecule has 0 fully saturated rings. The van der Waals surface area contributed by atoms with E-state index in [9.17, 15) is 13.0 Å². The van der Waals surface area contributed by atoms with Gasteiger partial charge in [0.1, 0.15) is 4.90 Å². The first kappa shape index (κ1) is 21.6. The predicted octanol–water partition coefficient (Wildman–Crippen LogP) is 4.98. The van der Waals surface area contributed by atoms with Gasteiger partial charge in [-0.3, -0.25) is 4.55 Å². The molecule has 0 bridgehead atoms. The summed E-state index contributed by atoms with van der Waals surface area (Å²) in [4.78, 5) is 9.60. The third-order valence-corrected chi connectivity index (χ3v) is 5.91. The molecular weight excluding hydrogens is 419 g/mol. The molecule has 147 valence electrons. The molecule has 0 aliphatic carbocycles. The quantitative estimate of drug-likeness (QED) is 0.246. The number of aromatic nitrogens is 2. The van der Waals surface area contributed by atoms with Gasteiger partial charge in [0.2, 0.25) is 0 Å². The Balaban J connectivity index is 0.00000231. The number of rotatable bonds is 3. The number of hydrogen-bond acceptors (Lipinski definition) is 4. The summed E-state index contributed by atoms with van der Waals surface area (Å²) in [7, 11) is -4.36. The molecule has 0 saturated carbocycles. The molecule has 5 rings (SSSR count). The van der Waals surface area contributed by atoms with E-state index in [-0.39, 0.29) is 34.5 Å². The molecule has 0 amide bonds. The van der Waals surface area contributed by atoms with E-state index in [0.717, 1.165) is 16.8 Å². The Morgan fingerprint density at radius 1 is 0.645 bits per heavy atom. The van der Waals surface area contributed by atoms with Gasteiger partial charge in [-0.1, -0.05) is 72.8 Å². The molecule has 0 saturated heterocycles. The summed E-state index contributed by atoms with van der Waals surface area (Å²) < 4.78 is 33.3. The minimum Gasteiger partial charge on any atom is -0.282 e. The summed E-state index contributed by atoms with van der Waals surface area (Å²) in [5.74, 6) is 0. The van der Waals surface area contributed by atoms with Gasteiger partial charge in [0.15, 0.2) is 0 Å². The summed E-state index contributed by atoms with van der Waals surface area (Å²) in [5, 5.41) is 1.08. The first-order valence-corrected chi connectivity index (χ1v) is 10.8. The van der Waals surface area contributed by atoms with Crippen molar-refractivity contribution < 1.29 is 13.0 Å². The van der Waals surface area contributed by atoms with E-state index in [1.54, 1.807) is 24.3 Å². The fraction of sp³-hybridized carbons (Fsp3) is 0. The van der Waals surface area contributed by atoms with Crippen molar-refractivity contribution in [1.29, 1.82) is 0 Å². The fourth-order valence-electron chi connectivity index (χ4n) is 3.62. The van der Waals surface area contributed by atoms with E-state index in [0.29, 0.717) is 27.5 Å². The van der Waals surface area contributed by atoms with E-state index >= 15 is 0 Å². The first-order chi connectivity index (χ1) is 14.5. The average Bonchev–Trinajstić information content (AvgIpc) is 2.77. The van der Waals surface area contributed by atoms with Gasteiger partial charge in [-0.15, -0.1) is 0 Å². The Hall–Kier alpha value is -2.61. The van der Waals surface area contributed by atoms with Crippen molar-refractivity contribution >= 4 is 61.5 Å². The van der Waals surface area contributed by atoms with Crippen molar-refractivity contribution in [3.63, 3.8) is 0 Å². The Bertz CT molecular complexity index is 1510. The largest absolute Gasteiger partial charge is 0.295 e. The van der Waals surface area contributed by atoms with Crippen LogP contribution in [0.4, 0.5) is 0 Å². The van der Waals surface area contributed by atoms with Gasteiger partial charge in [-0.25, -0.2) is 9.97 Å². The van der Waals surface area contributed by atoms with E-state index in [1.807, 2.05) is 60.7 Å². The number of hydrogen-bond donors (Lipinski definition) is 1. The summed E-state index contributed by atoms with van der Waals surface area (Å²) in [6.45, 7) is 0. The van der Waals surface area contributed by atoms with Gasteiger partial charge >= 0.3 is 0 Å². The van der Waals surface area contributed by atoms with Crippen LogP contribution >= 0.6 is 0 Å². The van der Waals surface area contributed by atoms with Crippen LogP contribution in [0.3, 0.4) is 0 Å². The molecule has 0 aliphatic heterocycles. The van der Waals surface area contributed by atoms with Crippen molar-refractivity contribution in [3.8, 4) is 22.5 Å². The molecule has 1 heterocycles. The van der Waals surface area contributed by atoms with Crippen molar-refractivity contribution in [2.45, 2.75) is 4.90 Å². The minimum absolute atomic E-state index is 0. The number of benzene rings is 4. The van der Waals surface area contributed by atoms with Gasteiger partial charge in [0.25, 0.3) is 10.1 Å². The molecule has 0 unspecified atom stereocenters. The van der Waals surface area contributed by atoms with Gasteiger partial charge in [0, 0.05) is 46.1 Å². The second kappa shape index (κ2) is 8.49. The second-order valence-corrected chi connectivity index (χ2v) is 8.34. The van der Waals surface area contributed by atoms with Crippen LogP contribution in [-0.2, 0) is 10.1 Å². The van der Waals surface area contributed by atoms with E-state index in [2.05, 4.69) is 0 Å². The van der Waals surface area contributed by atoms with Crippen molar-refractivity contribution in [2.24, 2.45) is 0 Å². The van der Waals surface area contributed by atoms with Gasteiger partial charge in [-0.05, 0) is 23.6 Å². The second-order valence-electron chi connectivity index (χ2n) is 6.95. The molecule has 0 aliphatic rings. The fourth-order valence-corrected chi connectivity index (χ4v) is 4.32. The topological polar surface area (TPSA) is 80.2 Å². The van der Waals surface area contributed by atoms with Crippen LogP contribution in [0.2, 0.25) is 0 Å². The third kappa shape index (κ3) is 4.13. The molecule has 31 heavy (non-hydrogen) atoms. The molecule has 1 aromatic heterocycles. The van der Waals surface area contributed by atoms with Crippen molar-refractivity contribution in [2.75, 3.05) is 0 Å². The van der Waals surface area contributed by atoms with Crippen LogP contribution in [0.1, 0.15) is 0 Å². The summed E-state index contributed by atoms with van der Waals surface area (Å²) in [5.41, 5.74) is 4.51. The molecule has 1 radical (unpaired) electrons. The standard InChI is InChI=1S/C24H16N2O3S.Na/c27-30(28,29)22-13-7-12-18-14-20-21(15-19(18)22)26-24(17-10-5-2-6-11-17)23(25-20)16-8-3-1-4-9-16;/h1-15H,(H,27,28,29);. The van der Waals surface area contributed by atoms with E-state index in [1.165, 1.54) is 6.07 Å². The monoisotopic (exact) mass is 435 g/mol. The summed E-state index contributed by atoms with van der Waals surface area (Å²) >= 11 is 0. The summed E-state index contributed by atoms with van der Waals surface area (Å²) in [6.07, 6.45) is 0. The van der Waals surface area contributed by atoms with Crippen molar-refractivity contribution in [1.82, 2.24) is 9.97 Å². The molecule has 0 spiro atoms. The predicted molar refractivity (Wildman–Crippen MR) is 123 cm³/mol. The Labute approximate surface area is 201 Å². The zero-order valence-electron chi connectivity index (χ0n) is 16.7. The maximum Gasteiger partial charge on any atom is 0.295 e. The third-order valence-electron chi connectivity index (χ3n) is 5.00. The Kier molecular flexibility index (Phi) is 5.92. The number of nitrogens with zero attached hydrogens (tertiary/aromatic N) is 2. The zero-order valence-corrected chi connectivity index (χ0v) is 19.5. The Morgan fingerprint density at radius 2 is 1.16 bits per heavy atom. The van der Waals surface area contributed by atoms with Crippen LogP contribution in [0, 0.1) is 0 Å². The number of fused-ring (bicyclic) bond motifs is 2. The SMILES string of the molecule is O=S(=O)(O)c1cccc2cc3nc(-c4ccccc4)c(-c4ccccc4)nc3cc12.[Na]. The maximum absolute atomic E-state index is 11.8. The first-order valence-electron chi connectivity index (χ1n) is 9.33. The van der Waals surface area contributed by atoms with Crippen LogP contribution in [0.25, 0.3) is 44.3 Å². The maximum atomic E-state index is 11.8. The molecule has 5 aromatic rings. The zero-order chi connectivity index (χ0) is 20.7. The normalized spacial score (nSPS) is 11.4. The molecule has 5 nitrogen and oxygen atoms in total. The van der Waals surface area contributed by atoms with Gasteiger partial charge < -0.3 is 0 Å². The molecule has 4 aromatic carbocycles. The molecule has 0 atom stereocenters. The van der Waals surface area contributed by atoms with Crippen molar-refractivity contribution in [3.05, 3.63) is 91.0 Å². The molecule has 1 N–H and O–H groups in total. The minimum atomic E-state index is -4.36.